The number of carbonyl (C=O) groups is 1. The first-order valence-electron chi connectivity index (χ1n) is 6.69. The lowest BCUT2D eigenvalue weighted by atomic mass is 10.0. The Morgan fingerprint density at radius 3 is 2.45 bits per heavy atom. The minimum atomic E-state index is -1.09. The number of carboxylic acids is 1. The van der Waals surface area contributed by atoms with Crippen molar-refractivity contribution in [3.63, 3.8) is 0 Å². The predicted molar refractivity (Wildman–Crippen MR) is 79.0 cm³/mol. The highest BCUT2D eigenvalue weighted by atomic mass is 16.4. The lowest BCUT2D eigenvalue weighted by molar-refractivity contribution is -0.299. The van der Waals surface area contributed by atoms with Gasteiger partial charge in [-0.25, -0.2) is 0 Å². The summed E-state index contributed by atoms with van der Waals surface area (Å²) in [6.07, 6.45) is 3.24. The monoisotopic (exact) mass is 265 g/mol. The second-order valence-electron chi connectivity index (χ2n) is 4.78. The summed E-state index contributed by atoms with van der Waals surface area (Å²) in [4.78, 5) is 10.6. The molecule has 2 heteroatoms. The van der Waals surface area contributed by atoms with Crippen LogP contribution in [0.3, 0.4) is 0 Å². The molecule has 102 valence electrons. The van der Waals surface area contributed by atoms with Crippen molar-refractivity contribution < 1.29 is 9.90 Å². The minimum Gasteiger partial charge on any atom is -0.545 e. The third-order valence-electron chi connectivity index (χ3n) is 3.24. The molecule has 0 bridgehead atoms. The standard InChI is InChI=1S/C18H18O2/c1-14(18(19)20)7-5-8-15-9-6-12-17(13-15)16-10-3-2-4-11-16/h2-4,6-7,9-13H,5,8H2,1H3,(H,19,20)/p-1/b14-7+. The second kappa shape index (κ2) is 6.71. The van der Waals surface area contributed by atoms with Gasteiger partial charge in [-0.1, -0.05) is 60.7 Å². The van der Waals surface area contributed by atoms with E-state index in [1.165, 1.54) is 16.7 Å². The van der Waals surface area contributed by atoms with E-state index in [1.807, 2.05) is 24.3 Å². The lowest BCUT2D eigenvalue weighted by Gasteiger charge is -2.05. The van der Waals surface area contributed by atoms with Gasteiger partial charge in [0.2, 0.25) is 0 Å². The van der Waals surface area contributed by atoms with Crippen LogP contribution in [0.2, 0.25) is 0 Å². The van der Waals surface area contributed by atoms with Gasteiger partial charge in [-0.05, 0) is 42.0 Å². The summed E-state index contributed by atoms with van der Waals surface area (Å²) in [5.41, 5.74) is 3.87. The molecular weight excluding hydrogens is 248 g/mol. The molecule has 0 spiro atoms. The fraction of sp³-hybridized carbons (Fsp3) is 0.167. The Hall–Kier alpha value is -2.35. The Kier molecular flexibility index (Phi) is 4.72. The number of allylic oxidation sites excluding steroid dienone is 1. The molecule has 0 fully saturated rings. The first-order valence-corrected chi connectivity index (χ1v) is 6.69. The van der Waals surface area contributed by atoms with Gasteiger partial charge in [0.25, 0.3) is 0 Å². The summed E-state index contributed by atoms with van der Waals surface area (Å²) in [6, 6.07) is 18.5. The van der Waals surface area contributed by atoms with Crippen molar-refractivity contribution in [3.8, 4) is 11.1 Å². The van der Waals surface area contributed by atoms with Crippen LogP contribution in [0.25, 0.3) is 11.1 Å². The van der Waals surface area contributed by atoms with Gasteiger partial charge in [0.15, 0.2) is 0 Å². The van der Waals surface area contributed by atoms with Crippen LogP contribution >= 0.6 is 0 Å². The fourth-order valence-corrected chi connectivity index (χ4v) is 2.08. The Bertz CT molecular complexity index is 612. The van der Waals surface area contributed by atoms with E-state index in [-0.39, 0.29) is 0 Å². The molecule has 0 amide bonds. The molecule has 0 unspecified atom stereocenters. The number of carbonyl (C=O) groups excluding carboxylic acids is 1. The topological polar surface area (TPSA) is 40.1 Å². The zero-order chi connectivity index (χ0) is 14.4. The Morgan fingerprint density at radius 1 is 1.05 bits per heavy atom. The van der Waals surface area contributed by atoms with E-state index >= 15 is 0 Å². The van der Waals surface area contributed by atoms with Crippen molar-refractivity contribution in [3.05, 3.63) is 71.8 Å². The maximum Gasteiger partial charge on any atom is 0.0668 e. The van der Waals surface area contributed by atoms with Crippen molar-refractivity contribution in [1.29, 1.82) is 0 Å². The molecule has 2 aromatic carbocycles. The first kappa shape index (κ1) is 14.1. The van der Waals surface area contributed by atoms with Crippen LogP contribution in [0.15, 0.2) is 66.2 Å². The number of aryl methyl sites for hydroxylation is 1. The molecular formula is C18H17O2-. The van der Waals surface area contributed by atoms with E-state index in [4.69, 9.17) is 0 Å². The third kappa shape index (κ3) is 3.82. The van der Waals surface area contributed by atoms with Gasteiger partial charge in [-0.15, -0.1) is 0 Å². The number of rotatable bonds is 5. The molecule has 0 aliphatic carbocycles. The minimum absolute atomic E-state index is 0.296. The van der Waals surface area contributed by atoms with Crippen molar-refractivity contribution in [2.75, 3.05) is 0 Å². The molecule has 0 radical (unpaired) electrons. The maximum atomic E-state index is 10.6. The predicted octanol–water partition coefficient (Wildman–Crippen LogP) is 2.98. The molecule has 0 aliphatic rings. The van der Waals surface area contributed by atoms with Crippen LogP contribution in [0.1, 0.15) is 18.9 Å². The highest BCUT2D eigenvalue weighted by molar-refractivity contribution is 5.83. The summed E-state index contributed by atoms with van der Waals surface area (Å²) in [5.74, 6) is -1.09. The highest BCUT2D eigenvalue weighted by Crippen LogP contribution is 2.20. The van der Waals surface area contributed by atoms with Crippen molar-refractivity contribution in [1.82, 2.24) is 0 Å². The van der Waals surface area contributed by atoms with Gasteiger partial charge in [-0.3, -0.25) is 0 Å². The van der Waals surface area contributed by atoms with E-state index in [0.29, 0.717) is 12.0 Å². The quantitative estimate of drug-likeness (QED) is 0.780. The van der Waals surface area contributed by atoms with Crippen LogP contribution in [0, 0.1) is 0 Å². The van der Waals surface area contributed by atoms with Crippen LogP contribution in [-0.4, -0.2) is 5.97 Å². The number of aliphatic carboxylic acids is 1. The zero-order valence-electron chi connectivity index (χ0n) is 11.5. The van der Waals surface area contributed by atoms with Gasteiger partial charge in [0, 0.05) is 0 Å². The van der Waals surface area contributed by atoms with Crippen molar-refractivity contribution in [2.24, 2.45) is 0 Å². The molecule has 0 heterocycles. The Balaban J connectivity index is 2.07. The summed E-state index contributed by atoms with van der Waals surface area (Å²) in [6.45, 7) is 1.57. The summed E-state index contributed by atoms with van der Waals surface area (Å²) >= 11 is 0. The molecule has 0 N–H and O–H groups in total. The fourth-order valence-electron chi connectivity index (χ4n) is 2.08. The van der Waals surface area contributed by atoms with E-state index in [9.17, 15) is 9.90 Å². The first-order chi connectivity index (χ1) is 9.66. The summed E-state index contributed by atoms with van der Waals surface area (Å²) in [7, 11) is 0. The van der Waals surface area contributed by atoms with Gasteiger partial charge in [0.1, 0.15) is 0 Å². The number of carboxylic acid groups (broad SMARTS) is 1. The van der Waals surface area contributed by atoms with Crippen molar-refractivity contribution >= 4 is 5.97 Å². The van der Waals surface area contributed by atoms with E-state index < -0.39 is 5.97 Å². The van der Waals surface area contributed by atoms with Crippen LogP contribution < -0.4 is 5.11 Å². The molecule has 20 heavy (non-hydrogen) atoms. The average molecular weight is 265 g/mol. The highest BCUT2D eigenvalue weighted by Gasteiger charge is 1.98. The second-order valence-corrected chi connectivity index (χ2v) is 4.78. The number of hydrogen-bond donors (Lipinski definition) is 0. The van der Waals surface area contributed by atoms with Gasteiger partial charge < -0.3 is 9.90 Å². The zero-order valence-corrected chi connectivity index (χ0v) is 11.5. The molecule has 0 aromatic heterocycles. The smallest absolute Gasteiger partial charge is 0.0668 e. The van der Waals surface area contributed by atoms with Gasteiger partial charge in [0.05, 0.1) is 5.97 Å². The lowest BCUT2D eigenvalue weighted by Crippen LogP contribution is -2.22. The van der Waals surface area contributed by atoms with E-state index in [0.717, 1.165) is 6.42 Å². The largest absolute Gasteiger partial charge is 0.545 e. The van der Waals surface area contributed by atoms with Crippen molar-refractivity contribution in [2.45, 2.75) is 19.8 Å². The molecule has 0 atom stereocenters. The van der Waals surface area contributed by atoms with Gasteiger partial charge >= 0.3 is 0 Å². The molecule has 0 saturated carbocycles. The van der Waals surface area contributed by atoms with Crippen LogP contribution in [0.5, 0.6) is 0 Å². The molecule has 0 aliphatic heterocycles. The summed E-state index contributed by atoms with van der Waals surface area (Å²) in [5, 5.41) is 10.6. The molecule has 2 rings (SSSR count). The average Bonchev–Trinajstić information content (AvgIpc) is 2.48. The number of hydrogen-bond acceptors (Lipinski definition) is 2. The third-order valence-corrected chi connectivity index (χ3v) is 3.24. The van der Waals surface area contributed by atoms with E-state index in [2.05, 4.69) is 30.3 Å². The van der Waals surface area contributed by atoms with E-state index in [1.54, 1.807) is 13.0 Å². The Morgan fingerprint density at radius 2 is 1.75 bits per heavy atom. The van der Waals surface area contributed by atoms with Crippen LogP contribution in [-0.2, 0) is 11.2 Å². The maximum absolute atomic E-state index is 10.6. The Labute approximate surface area is 119 Å². The normalized spacial score (nSPS) is 11.3. The summed E-state index contributed by atoms with van der Waals surface area (Å²) < 4.78 is 0. The molecule has 2 nitrogen and oxygen atoms in total. The molecule has 2 aromatic rings. The number of benzene rings is 2. The van der Waals surface area contributed by atoms with Crippen LogP contribution in [0.4, 0.5) is 0 Å². The molecule has 0 saturated heterocycles. The van der Waals surface area contributed by atoms with Gasteiger partial charge in [-0.2, -0.15) is 0 Å². The SMILES string of the molecule is C/C(=C\CCc1cccc(-c2ccccc2)c1)C(=O)[O-].